The first-order valence-corrected chi connectivity index (χ1v) is 10.7. The third-order valence-corrected chi connectivity index (χ3v) is 3.91. The first-order valence-electron chi connectivity index (χ1n) is 10.7. The Kier molecular flexibility index (Phi) is 21.2. The maximum Gasteiger partial charge on any atom is 0.305 e. The van der Waals surface area contributed by atoms with Crippen LogP contribution in [0, 0.1) is 0 Å². The first-order chi connectivity index (χ1) is 13.7. The predicted molar refractivity (Wildman–Crippen MR) is 107 cm³/mol. The fourth-order valence-corrected chi connectivity index (χ4v) is 2.37. The molecular weight excluding hydrogens is 364 g/mol. The van der Waals surface area contributed by atoms with Gasteiger partial charge in [0.05, 0.1) is 39.6 Å². The summed E-state index contributed by atoms with van der Waals surface area (Å²) in [6.45, 7) is 7.25. The molecule has 0 spiro atoms. The van der Waals surface area contributed by atoms with Crippen LogP contribution in [0.4, 0.5) is 0 Å². The molecule has 0 rings (SSSR count). The lowest BCUT2D eigenvalue weighted by molar-refractivity contribution is -0.146. The van der Waals surface area contributed by atoms with Crippen LogP contribution in [0.3, 0.4) is 0 Å². The van der Waals surface area contributed by atoms with Gasteiger partial charge in [-0.15, -0.1) is 0 Å². The number of rotatable bonds is 21. The Morgan fingerprint density at radius 1 is 0.500 bits per heavy atom. The molecule has 0 saturated heterocycles. The van der Waals surface area contributed by atoms with Gasteiger partial charge in [0, 0.05) is 12.8 Å². The van der Waals surface area contributed by atoms with Crippen LogP contribution >= 0.6 is 0 Å². The van der Waals surface area contributed by atoms with E-state index < -0.39 is 0 Å². The summed E-state index contributed by atoms with van der Waals surface area (Å²) in [6.07, 6.45) is 8.68. The molecular formula is C21H40O7. The molecule has 0 aromatic heterocycles. The Labute approximate surface area is 170 Å². The van der Waals surface area contributed by atoms with Gasteiger partial charge < -0.3 is 23.7 Å². The lowest BCUT2D eigenvalue weighted by Gasteiger charge is -2.08. The van der Waals surface area contributed by atoms with Crippen molar-refractivity contribution in [3.8, 4) is 0 Å². The lowest BCUT2D eigenvalue weighted by Crippen LogP contribution is -2.15. The summed E-state index contributed by atoms with van der Waals surface area (Å²) in [7, 11) is 0. The molecule has 7 nitrogen and oxygen atoms in total. The number of esters is 2. The molecule has 0 aromatic carbocycles. The lowest BCUT2D eigenvalue weighted by atomic mass is 10.1. The molecule has 28 heavy (non-hydrogen) atoms. The van der Waals surface area contributed by atoms with Crippen LogP contribution < -0.4 is 0 Å². The summed E-state index contributed by atoms with van der Waals surface area (Å²) in [4.78, 5) is 22.6. The van der Waals surface area contributed by atoms with Crippen LogP contribution in [0.15, 0.2) is 0 Å². The Bertz CT molecular complexity index is 361. The summed E-state index contributed by atoms with van der Waals surface area (Å²) in [5.74, 6) is -0.333. The van der Waals surface area contributed by atoms with Crippen molar-refractivity contribution in [2.75, 3.05) is 52.9 Å². The molecule has 0 aliphatic heterocycles. The number of hydrogen-bond donors (Lipinski definition) is 0. The van der Waals surface area contributed by atoms with Crippen molar-refractivity contribution in [3.63, 3.8) is 0 Å². The van der Waals surface area contributed by atoms with Gasteiger partial charge in [-0.25, -0.2) is 0 Å². The van der Waals surface area contributed by atoms with Gasteiger partial charge in [0.25, 0.3) is 0 Å². The number of unbranched alkanes of at least 4 members (excludes halogenated alkanes) is 5. The zero-order chi connectivity index (χ0) is 20.7. The summed E-state index contributed by atoms with van der Waals surface area (Å²) in [5.41, 5.74) is 0. The molecule has 0 unspecified atom stereocenters. The monoisotopic (exact) mass is 404 g/mol. The van der Waals surface area contributed by atoms with E-state index in [0.717, 1.165) is 19.3 Å². The highest BCUT2D eigenvalue weighted by atomic mass is 16.6. The van der Waals surface area contributed by atoms with Crippen LogP contribution in [0.2, 0.25) is 0 Å². The van der Waals surface area contributed by atoms with E-state index in [1.165, 1.54) is 25.7 Å². The second-order valence-electron chi connectivity index (χ2n) is 6.55. The summed E-state index contributed by atoms with van der Waals surface area (Å²) >= 11 is 0. The summed E-state index contributed by atoms with van der Waals surface area (Å²) in [6, 6.07) is 0. The van der Waals surface area contributed by atoms with Crippen molar-refractivity contribution in [2.24, 2.45) is 0 Å². The molecule has 0 radical (unpaired) electrons. The standard InChI is InChI=1S/C21H40O7/c1-3-5-6-7-8-9-11-21(23)28-19-17-26-15-13-24-12-14-25-16-18-27-20(22)10-4-2/h3-19H2,1-2H3. The molecule has 0 fully saturated rings. The van der Waals surface area contributed by atoms with Crippen molar-refractivity contribution in [3.05, 3.63) is 0 Å². The molecule has 0 saturated carbocycles. The third kappa shape index (κ3) is 21.1. The Morgan fingerprint density at radius 3 is 1.43 bits per heavy atom. The maximum atomic E-state index is 11.5. The fraction of sp³-hybridized carbons (Fsp3) is 0.905. The normalized spacial score (nSPS) is 10.8. The number of ether oxygens (including phenoxy) is 5. The van der Waals surface area contributed by atoms with E-state index in [0.29, 0.717) is 52.5 Å². The van der Waals surface area contributed by atoms with E-state index in [9.17, 15) is 9.59 Å². The molecule has 0 aliphatic rings. The molecule has 0 amide bonds. The molecule has 0 heterocycles. The summed E-state index contributed by atoms with van der Waals surface area (Å²) in [5, 5.41) is 0. The number of carbonyl (C=O) groups is 2. The van der Waals surface area contributed by atoms with Crippen LogP contribution in [-0.2, 0) is 33.3 Å². The van der Waals surface area contributed by atoms with Gasteiger partial charge in [0.1, 0.15) is 13.2 Å². The van der Waals surface area contributed by atoms with Crippen LogP contribution in [0.5, 0.6) is 0 Å². The van der Waals surface area contributed by atoms with E-state index >= 15 is 0 Å². The van der Waals surface area contributed by atoms with E-state index in [1.807, 2.05) is 6.92 Å². The average molecular weight is 405 g/mol. The van der Waals surface area contributed by atoms with Crippen molar-refractivity contribution in [1.29, 1.82) is 0 Å². The average Bonchev–Trinajstić information content (AvgIpc) is 2.68. The van der Waals surface area contributed by atoms with Crippen molar-refractivity contribution < 1.29 is 33.3 Å². The molecule has 0 aliphatic carbocycles. The Morgan fingerprint density at radius 2 is 0.929 bits per heavy atom. The van der Waals surface area contributed by atoms with Crippen LogP contribution in [-0.4, -0.2) is 64.8 Å². The van der Waals surface area contributed by atoms with E-state index in [1.54, 1.807) is 0 Å². The minimum absolute atomic E-state index is 0.145. The van der Waals surface area contributed by atoms with Crippen molar-refractivity contribution in [2.45, 2.75) is 71.6 Å². The molecule has 166 valence electrons. The first kappa shape index (κ1) is 26.8. The second kappa shape index (κ2) is 22.1. The highest BCUT2D eigenvalue weighted by Gasteiger charge is 2.02. The molecule has 0 N–H and O–H groups in total. The fourth-order valence-electron chi connectivity index (χ4n) is 2.37. The quantitative estimate of drug-likeness (QED) is 0.213. The van der Waals surface area contributed by atoms with E-state index in [-0.39, 0.29) is 25.2 Å². The van der Waals surface area contributed by atoms with Gasteiger partial charge in [-0.3, -0.25) is 9.59 Å². The minimum atomic E-state index is -0.187. The summed E-state index contributed by atoms with van der Waals surface area (Å²) < 4.78 is 26.1. The van der Waals surface area contributed by atoms with Gasteiger partial charge >= 0.3 is 11.9 Å². The maximum absolute atomic E-state index is 11.5. The predicted octanol–water partition coefficient (Wildman–Crippen LogP) is 3.67. The highest BCUT2D eigenvalue weighted by Crippen LogP contribution is 2.07. The van der Waals surface area contributed by atoms with E-state index in [4.69, 9.17) is 23.7 Å². The molecule has 0 aromatic rings. The SMILES string of the molecule is CCCCCCCCC(=O)OCCOCCOCCOCCOC(=O)CCC. The minimum Gasteiger partial charge on any atom is -0.463 e. The van der Waals surface area contributed by atoms with Gasteiger partial charge in [-0.2, -0.15) is 0 Å². The zero-order valence-corrected chi connectivity index (χ0v) is 17.9. The van der Waals surface area contributed by atoms with Crippen molar-refractivity contribution in [1.82, 2.24) is 0 Å². The van der Waals surface area contributed by atoms with Gasteiger partial charge in [-0.05, 0) is 12.8 Å². The van der Waals surface area contributed by atoms with Crippen LogP contribution in [0.25, 0.3) is 0 Å². The van der Waals surface area contributed by atoms with Gasteiger partial charge in [0.15, 0.2) is 0 Å². The Balaban J connectivity index is 3.17. The third-order valence-electron chi connectivity index (χ3n) is 3.91. The smallest absolute Gasteiger partial charge is 0.305 e. The van der Waals surface area contributed by atoms with Gasteiger partial charge in [0.2, 0.25) is 0 Å². The molecule has 0 atom stereocenters. The largest absolute Gasteiger partial charge is 0.463 e. The van der Waals surface area contributed by atoms with Gasteiger partial charge in [-0.1, -0.05) is 46.0 Å². The molecule has 7 heteroatoms. The Hall–Kier alpha value is -1.18. The highest BCUT2D eigenvalue weighted by molar-refractivity contribution is 5.69. The second-order valence-corrected chi connectivity index (χ2v) is 6.55. The molecule has 0 bridgehead atoms. The number of hydrogen-bond acceptors (Lipinski definition) is 7. The zero-order valence-electron chi connectivity index (χ0n) is 17.9. The van der Waals surface area contributed by atoms with E-state index in [2.05, 4.69) is 6.92 Å². The topological polar surface area (TPSA) is 80.3 Å². The van der Waals surface area contributed by atoms with Crippen LogP contribution in [0.1, 0.15) is 71.6 Å². The van der Waals surface area contributed by atoms with Crippen molar-refractivity contribution >= 4 is 11.9 Å². The number of carbonyl (C=O) groups excluding carboxylic acids is 2.